The summed E-state index contributed by atoms with van der Waals surface area (Å²) >= 11 is 0. The normalized spacial score (nSPS) is 39.6. The standard InChI is InChI=1S/C30H42O7/c1-19-12-13-34-23(15-19)10-11-25(31)27-18-28-30(37-28)26(32)17-21(3)14-20(2)16-24-8-4-6-22(35-24)7-5-9-29(33)36-27/h4-6,9-12,20,22-28,30-32H,3,7-8,13-18H2,1-2H3/b9-5-,11-10+/t20-,22-,23+,24?,25-,26-,27?,28-,30-/m0/s1. The van der Waals surface area contributed by atoms with Gasteiger partial charge in [0.25, 0.3) is 0 Å². The smallest absolute Gasteiger partial charge is 0.330 e. The molecule has 1 saturated heterocycles. The van der Waals surface area contributed by atoms with Gasteiger partial charge < -0.3 is 29.2 Å². The number of fused-ring (bicyclic) bond motifs is 3. The molecule has 7 heteroatoms. The SMILES string of the molecule is C=C1C[C@H](C)CC2CC=C[C@@H](C/C=C\C(=O)OC([C@@H](O)/C=C/[C@@H]3CC(C)=CCO3)C[C@@H]3O[C@H]3[C@@H](O)C1)O2. The number of aliphatic hydroxyl groups is 2. The number of ether oxygens (including phenoxy) is 4. The number of aliphatic hydroxyl groups excluding tert-OH is 2. The van der Waals surface area contributed by atoms with E-state index in [4.69, 9.17) is 18.9 Å². The van der Waals surface area contributed by atoms with Crippen molar-refractivity contribution >= 4 is 5.97 Å². The summed E-state index contributed by atoms with van der Waals surface area (Å²) in [5.41, 5.74) is 2.23. The van der Waals surface area contributed by atoms with Crippen LogP contribution >= 0.6 is 0 Å². The molecule has 0 amide bonds. The average molecular weight is 515 g/mol. The Balaban J connectivity index is 1.44. The molecule has 7 nitrogen and oxygen atoms in total. The van der Waals surface area contributed by atoms with Gasteiger partial charge in [-0.1, -0.05) is 61.1 Å². The second-order valence-corrected chi connectivity index (χ2v) is 11.0. The van der Waals surface area contributed by atoms with Crippen LogP contribution in [0.15, 0.2) is 60.3 Å². The van der Waals surface area contributed by atoms with E-state index < -0.39 is 24.3 Å². The fourth-order valence-electron chi connectivity index (χ4n) is 5.45. The Morgan fingerprint density at radius 3 is 2.78 bits per heavy atom. The Kier molecular flexibility index (Phi) is 9.96. The van der Waals surface area contributed by atoms with Crippen LogP contribution in [0.1, 0.15) is 58.8 Å². The summed E-state index contributed by atoms with van der Waals surface area (Å²) in [7, 11) is 0. The summed E-state index contributed by atoms with van der Waals surface area (Å²) < 4.78 is 23.4. The number of esters is 1. The average Bonchev–Trinajstić information content (AvgIpc) is 3.61. The maximum absolute atomic E-state index is 12.6. The lowest BCUT2D eigenvalue weighted by Gasteiger charge is -2.28. The summed E-state index contributed by atoms with van der Waals surface area (Å²) in [5.74, 6) is -0.141. The molecule has 4 aliphatic rings. The van der Waals surface area contributed by atoms with E-state index in [-0.39, 0.29) is 36.9 Å². The van der Waals surface area contributed by atoms with Gasteiger partial charge in [0.05, 0.1) is 37.1 Å². The van der Waals surface area contributed by atoms with Gasteiger partial charge in [-0.25, -0.2) is 4.79 Å². The van der Waals surface area contributed by atoms with Gasteiger partial charge in [-0.05, 0) is 51.4 Å². The van der Waals surface area contributed by atoms with Crippen molar-refractivity contribution in [2.75, 3.05) is 6.61 Å². The number of rotatable bonds is 3. The minimum absolute atomic E-state index is 0.0863. The van der Waals surface area contributed by atoms with Gasteiger partial charge >= 0.3 is 5.97 Å². The Labute approximate surface area is 220 Å². The first-order valence-electron chi connectivity index (χ1n) is 13.6. The van der Waals surface area contributed by atoms with Crippen molar-refractivity contribution in [3.05, 3.63) is 60.3 Å². The second-order valence-electron chi connectivity index (χ2n) is 11.0. The maximum Gasteiger partial charge on any atom is 0.330 e. The van der Waals surface area contributed by atoms with Crippen LogP contribution in [0.5, 0.6) is 0 Å². The molecule has 2 N–H and O–H groups in total. The molecule has 0 spiro atoms. The highest BCUT2D eigenvalue weighted by Gasteiger charge is 2.46. The van der Waals surface area contributed by atoms with E-state index in [2.05, 4.69) is 26.5 Å². The van der Waals surface area contributed by atoms with Gasteiger partial charge in [-0.3, -0.25) is 0 Å². The number of carbonyl (C=O) groups excluding carboxylic acids is 1. The second kappa shape index (κ2) is 13.2. The van der Waals surface area contributed by atoms with Crippen LogP contribution in [0.25, 0.3) is 0 Å². The lowest BCUT2D eigenvalue weighted by molar-refractivity contribution is -0.148. The van der Waals surface area contributed by atoms with E-state index in [1.54, 1.807) is 12.2 Å². The van der Waals surface area contributed by atoms with Crippen LogP contribution in [0.3, 0.4) is 0 Å². The Morgan fingerprint density at radius 2 is 1.97 bits per heavy atom. The molecule has 0 aromatic heterocycles. The highest BCUT2D eigenvalue weighted by Crippen LogP contribution is 2.35. The molecule has 4 heterocycles. The molecule has 0 aromatic rings. The molecule has 0 radical (unpaired) electrons. The zero-order valence-electron chi connectivity index (χ0n) is 22.0. The molecule has 4 rings (SSSR count). The molecule has 0 aliphatic carbocycles. The fraction of sp³-hybridized carbons (Fsp3) is 0.633. The van der Waals surface area contributed by atoms with Crippen molar-refractivity contribution in [3.63, 3.8) is 0 Å². The largest absolute Gasteiger partial charge is 0.456 e. The summed E-state index contributed by atoms with van der Waals surface area (Å²) in [6, 6.07) is 0. The predicted molar refractivity (Wildman–Crippen MR) is 141 cm³/mol. The first kappa shape index (κ1) is 28.0. The molecule has 37 heavy (non-hydrogen) atoms. The van der Waals surface area contributed by atoms with Crippen molar-refractivity contribution < 1.29 is 34.0 Å². The summed E-state index contributed by atoms with van der Waals surface area (Å²) in [6.07, 6.45) is 14.3. The topological polar surface area (TPSA) is 97.8 Å². The predicted octanol–water partition coefficient (Wildman–Crippen LogP) is 4.11. The van der Waals surface area contributed by atoms with Gasteiger partial charge in [0.2, 0.25) is 0 Å². The third-order valence-electron chi connectivity index (χ3n) is 7.44. The molecule has 4 aliphatic heterocycles. The third-order valence-corrected chi connectivity index (χ3v) is 7.44. The van der Waals surface area contributed by atoms with E-state index in [0.29, 0.717) is 25.4 Å². The molecular weight excluding hydrogens is 472 g/mol. The lowest BCUT2D eigenvalue weighted by Crippen LogP contribution is -2.32. The first-order chi connectivity index (χ1) is 17.8. The monoisotopic (exact) mass is 514 g/mol. The van der Waals surface area contributed by atoms with Gasteiger partial charge in [0, 0.05) is 12.5 Å². The number of hydrogen-bond acceptors (Lipinski definition) is 7. The Morgan fingerprint density at radius 1 is 1.14 bits per heavy atom. The summed E-state index contributed by atoms with van der Waals surface area (Å²) in [4.78, 5) is 12.6. The minimum Gasteiger partial charge on any atom is -0.456 e. The molecule has 0 aromatic carbocycles. The van der Waals surface area contributed by atoms with Gasteiger partial charge in [-0.2, -0.15) is 0 Å². The quantitative estimate of drug-likeness (QED) is 0.332. The molecule has 2 unspecified atom stereocenters. The highest BCUT2D eigenvalue weighted by molar-refractivity contribution is 5.82. The number of epoxide rings is 1. The van der Waals surface area contributed by atoms with E-state index in [1.807, 2.05) is 18.2 Å². The van der Waals surface area contributed by atoms with Crippen LogP contribution in [-0.2, 0) is 23.7 Å². The molecule has 0 saturated carbocycles. The van der Waals surface area contributed by atoms with Crippen LogP contribution in [0.4, 0.5) is 0 Å². The van der Waals surface area contributed by atoms with Gasteiger partial charge in [-0.15, -0.1) is 0 Å². The van der Waals surface area contributed by atoms with Crippen molar-refractivity contribution in [1.29, 1.82) is 0 Å². The summed E-state index contributed by atoms with van der Waals surface area (Å²) in [6.45, 7) is 8.98. The maximum atomic E-state index is 12.6. The van der Waals surface area contributed by atoms with Crippen LogP contribution < -0.4 is 0 Å². The Bertz CT molecular complexity index is 919. The first-order valence-corrected chi connectivity index (χ1v) is 13.6. The van der Waals surface area contributed by atoms with Crippen molar-refractivity contribution in [3.8, 4) is 0 Å². The minimum atomic E-state index is -1.03. The van der Waals surface area contributed by atoms with Gasteiger partial charge in [0.15, 0.2) is 0 Å². The van der Waals surface area contributed by atoms with Crippen LogP contribution in [0.2, 0.25) is 0 Å². The number of carbonyl (C=O) groups is 1. The van der Waals surface area contributed by atoms with E-state index in [0.717, 1.165) is 31.3 Å². The van der Waals surface area contributed by atoms with Crippen molar-refractivity contribution in [2.45, 2.75) is 108 Å². The van der Waals surface area contributed by atoms with Gasteiger partial charge in [0.1, 0.15) is 18.3 Å². The number of cyclic esters (lactones) is 1. The van der Waals surface area contributed by atoms with Crippen LogP contribution in [0, 0.1) is 5.92 Å². The molecule has 1 fully saturated rings. The zero-order chi connectivity index (χ0) is 26.4. The highest BCUT2D eigenvalue weighted by atomic mass is 16.6. The molecule has 2 bridgehead atoms. The van der Waals surface area contributed by atoms with Crippen LogP contribution in [-0.4, -0.2) is 71.6 Å². The van der Waals surface area contributed by atoms with Crippen molar-refractivity contribution in [1.82, 2.24) is 0 Å². The summed E-state index contributed by atoms with van der Waals surface area (Å²) in [5, 5.41) is 21.7. The third kappa shape index (κ3) is 8.76. The molecule has 204 valence electrons. The lowest BCUT2D eigenvalue weighted by atomic mass is 9.91. The zero-order valence-corrected chi connectivity index (χ0v) is 22.0. The number of hydrogen-bond donors (Lipinski definition) is 2. The molecular formula is C30H42O7. The van der Waals surface area contributed by atoms with Crippen molar-refractivity contribution in [2.24, 2.45) is 5.92 Å². The van der Waals surface area contributed by atoms with E-state index in [9.17, 15) is 15.0 Å². The fourth-order valence-corrected chi connectivity index (χ4v) is 5.45. The Hall–Kier alpha value is -2.03. The molecule has 9 atom stereocenters. The van der Waals surface area contributed by atoms with E-state index in [1.165, 1.54) is 11.6 Å². The van der Waals surface area contributed by atoms with E-state index >= 15 is 0 Å².